The molecule has 0 bridgehead atoms. The smallest absolute Gasteiger partial charge is 0.258 e. The van der Waals surface area contributed by atoms with Crippen molar-refractivity contribution in [2.75, 3.05) is 16.8 Å². The summed E-state index contributed by atoms with van der Waals surface area (Å²) in [6.07, 6.45) is 1.27. The molecule has 4 nitrogen and oxygen atoms in total. The summed E-state index contributed by atoms with van der Waals surface area (Å²) >= 11 is 5.82. The number of anilines is 2. The highest BCUT2D eigenvalue weighted by molar-refractivity contribution is 6.31. The number of carbonyl (C=O) groups is 2. The molecule has 0 aromatic heterocycles. The largest absolute Gasteiger partial charge is 0.320 e. The van der Waals surface area contributed by atoms with Crippen LogP contribution in [0.4, 0.5) is 15.8 Å². The Hall–Kier alpha value is -2.40. The average molecular weight is 333 g/mol. The molecular weight excluding hydrogens is 319 g/mol. The second-order valence-corrected chi connectivity index (χ2v) is 5.68. The number of amides is 2. The predicted molar refractivity (Wildman–Crippen MR) is 87.4 cm³/mol. The molecule has 23 heavy (non-hydrogen) atoms. The van der Waals surface area contributed by atoms with Crippen LogP contribution in [-0.4, -0.2) is 18.4 Å². The molecule has 1 heterocycles. The maximum absolute atomic E-state index is 13.8. The minimum atomic E-state index is -0.651. The van der Waals surface area contributed by atoms with E-state index in [4.69, 9.17) is 11.6 Å². The lowest BCUT2D eigenvalue weighted by Crippen LogP contribution is -2.25. The molecule has 1 aliphatic rings. The van der Waals surface area contributed by atoms with Crippen LogP contribution in [0.1, 0.15) is 23.2 Å². The van der Waals surface area contributed by atoms with E-state index in [1.54, 1.807) is 29.2 Å². The zero-order valence-electron chi connectivity index (χ0n) is 12.2. The Bertz CT molecular complexity index is 779. The molecule has 0 aliphatic carbocycles. The van der Waals surface area contributed by atoms with E-state index in [-0.39, 0.29) is 16.5 Å². The van der Waals surface area contributed by atoms with E-state index >= 15 is 0 Å². The third-order valence-corrected chi connectivity index (χ3v) is 3.92. The first-order valence-electron chi connectivity index (χ1n) is 7.22. The molecule has 2 aromatic carbocycles. The predicted octanol–water partition coefficient (Wildman–Crippen LogP) is 3.86. The van der Waals surface area contributed by atoms with Gasteiger partial charge in [-0.3, -0.25) is 9.59 Å². The Labute approximate surface area is 137 Å². The number of hydrogen-bond acceptors (Lipinski definition) is 2. The number of nitrogens with zero attached hydrogens (tertiary/aromatic N) is 1. The minimum Gasteiger partial charge on any atom is -0.320 e. The molecule has 0 spiro atoms. The van der Waals surface area contributed by atoms with E-state index in [9.17, 15) is 14.0 Å². The molecule has 1 saturated heterocycles. The number of benzene rings is 2. The van der Waals surface area contributed by atoms with Crippen LogP contribution in [0.2, 0.25) is 5.02 Å². The van der Waals surface area contributed by atoms with E-state index < -0.39 is 11.7 Å². The molecule has 3 rings (SSSR count). The summed E-state index contributed by atoms with van der Waals surface area (Å²) in [4.78, 5) is 25.9. The van der Waals surface area contributed by atoms with Gasteiger partial charge in [0.05, 0.1) is 16.9 Å². The average Bonchev–Trinajstić information content (AvgIpc) is 2.96. The van der Waals surface area contributed by atoms with Crippen molar-refractivity contribution in [2.45, 2.75) is 12.8 Å². The molecule has 0 radical (unpaired) electrons. The summed E-state index contributed by atoms with van der Waals surface area (Å²) in [5.74, 6) is -1.24. The van der Waals surface area contributed by atoms with Gasteiger partial charge in [0, 0.05) is 18.0 Å². The van der Waals surface area contributed by atoms with E-state index in [1.165, 1.54) is 12.1 Å². The van der Waals surface area contributed by atoms with Gasteiger partial charge in [-0.25, -0.2) is 4.39 Å². The molecule has 6 heteroatoms. The molecule has 2 aromatic rings. The molecule has 0 saturated carbocycles. The number of carbonyl (C=O) groups excluding carboxylic acids is 2. The lowest BCUT2D eigenvalue weighted by atomic mass is 10.2. The van der Waals surface area contributed by atoms with Gasteiger partial charge in [0.25, 0.3) is 5.91 Å². The van der Waals surface area contributed by atoms with Crippen molar-refractivity contribution < 1.29 is 14.0 Å². The van der Waals surface area contributed by atoms with Crippen LogP contribution in [-0.2, 0) is 4.79 Å². The molecule has 2 amide bonds. The first-order valence-corrected chi connectivity index (χ1v) is 7.60. The van der Waals surface area contributed by atoms with Gasteiger partial charge in [0.15, 0.2) is 0 Å². The number of para-hydroxylation sites is 2. The van der Waals surface area contributed by atoms with Gasteiger partial charge in [-0.15, -0.1) is 0 Å². The van der Waals surface area contributed by atoms with Gasteiger partial charge in [-0.05, 0) is 36.8 Å². The third kappa shape index (κ3) is 3.19. The van der Waals surface area contributed by atoms with Crippen molar-refractivity contribution in [3.05, 3.63) is 58.9 Å². The maximum atomic E-state index is 13.8. The van der Waals surface area contributed by atoms with E-state index in [0.717, 1.165) is 12.5 Å². The van der Waals surface area contributed by atoms with Crippen LogP contribution >= 0.6 is 11.6 Å². The third-order valence-electron chi connectivity index (χ3n) is 3.69. The van der Waals surface area contributed by atoms with Crippen molar-refractivity contribution in [2.24, 2.45) is 0 Å². The van der Waals surface area contributed by atoms with Crippen molar-refractivity contribution in [1.29, 1.82) is 0 Å². The summed E-state index contributed by atoms with van der Waals surface area (Å²) in [5, 5.41) is 2.94. The SMILES string of the molecule is O=C(Nc1ccccc1N1CCCC1=O)c1cc(Cl)ccc1F. The Kier molecular flexibility index (Phi) is 4.30. The first kappa shape index (κ1) is 15.5. The Morgan fingerprint density at radius 3 is 2.74 bits per heavy atom. The van der Waals surface area contributed by atoms with Crippen LogP contribution in [0.3, 0.4) is 0 Å². The second kappa shape index (κ2) is 6.38. The highest BCUT2D eigenvalue weighted by Crippen LogP contribution is 2.30. The number of rotatable bonds is 3. The van der Waals surface area contributed by atoms with Gasteiger partial charge < -0.3 is 10.2 Å². The number of hydrogen-bond donors (Lipinski definition) is 1. The van der Waals surface area contributed by atoms with Crippen molar-refractivity contribution in [1.82, 2.24) is 0 Å². The molecular formula is C17H14ClFN2O2. The highest BCUT2D eigenvalue weighted by atomic mass is 35.5. The zero-order chi connectivity index (χ0) is 16.4. The van der Waals surface area contributed by atoms with Crippen LogP contribution in [0, 0.1) is 5.82 Å². The Morgan fingerprint density at radius 1 is 1.22 bits per heavy atom. The van der Waals surface area contributed by atoms with Gasteiger partial charge in [0.2, 0.25) is 5.91 Å². The fourth-order valence-electron chi connectivity index (χ4n) is 2.58. The van der Waals surface area contributed by atoms with Crippen LogP contribution in [0.5, 0.6) is 0 Å². The summed E-state index contributed by atoms with van der Waals surface area (Å²) < 4.78 is 13.8. The monoisotopic (exact) mass is 332 g/mol. The van der Waals surface area contributed by atoms with E-state index in [1.807, 2.05) is 0 Å². The molecule has 1 fully saturated rings. The molecule has 0 atom stereocenters. The lowest BCUT2D eigenvalue weighted by Gasteiger charge is -2.20. The fourth-order valence-corrected chi connectivity index (χ4v) is 2.75. The summed E-state index contributed by atoms with van der Waals surface area (Å²) in [6.45, 7) is 0.608. The lowest BCUT2D eigenvalue weighted by molar-refractivity contribution is -0.117. The highest BCUT2D eigenvalue weighted by Gasteiger charge is 2.24. The Morgan fingerprint density at radius 2 is 2.00 bits per heavy atom. The normalized spacial score (nSPS) is 14.2. The van der Waals surface area contributed by atoms with Crippen LogP contribution in [0.25, 0.3) is 0 Å². The van der Waals surface area contributed by atoms with Gasteiger partial charge in [0.1, 0.15) is 5.82 Å². The maximum Gasteiger partial charge on any atom is 0.258 e. The molecule has 1 N–H and O–H groups in total. The Balaban J connectivity index is 1.90. The number of nitrogens with one attached hydrogen (secondary N) is 1. The molecule has 1 aliphatic heterocycles. The van der Waals surface area contributed by atoms with Crippen molar-refractivity contribution in [3.63, 3.8) is 0 Å². The molecule has 0 unspecified atom stereocenters. The van der Waals surface area contributed by atoms with Crippen molar-refractivity contribution >= 4 is 34.8 Å². The van der Waals surface area contributed by atoms with Gasteiger partial charge >= 0.3 is 0 Å². The number of halogens is 2. The van der Waals surface area contributed by atoms with Crippen LogP contribution < -0.4 is 10.2 Å². The fraction of sp³-hybridized carbons (Fsp3) is 0.176. The van der Waals surface area contributed by atoms with Crippen LogP contribution in [0.15, 0.2) is 42.5 Å². The summed E-state index contributed by atoms with van der Waals surface area (Å²) in [6, 6.07) is 10.8. The van der Waals surface area contributed by atoms with E-state index in [0.29, 0.717) is 24.3 Å². The summed E-state index contributed by atoms with van der Waals surface area (Å²) in [5.41, 5.74) is 0.943. The topological polar surface area (TPSA) is 49.4 Å². The first-order chi connectivity index (χ1) is 11.1. The second-order valence-electron chi connectivity index (χ2n) is 5.24. The van der Waals surface area contributed by atoms with Crippen molar-refractivity contribution in [3.8, 4) is 0 Å². The van der Waals surface area contributed by atoms with Gasteiger partial charge in [-0.1, -0.05) is 23.7 Å². The van der Waals surface area contributed by atoms with E-state index in [2.05, 4.69) is 5.32 Å². The zero-order valence-corrected chi connectivity index (χ0v) is 12.9. The quantitative estimate of drug-likeness (QED) is 0.928. The van der Waals surface area contributed by atoms with Gasteiger partial charge in [-0.2, -0.15) is 0 Å². The molecule has 118 valence electrons. The summed E-state index contributed by atoms with van der Waals surface area (Å²) in [7, 11) is 0. The standard InChI is InChI=1S/C17H14ClFN2O2/c18-11-7-8-13(19)12(10-11)17(23)20-14-4-1-2-5-15(14)21-9-3-6-16(21)22/h1-2,4-5,7-8,10H,3,6,9H2,(H,20,23). The minimum absolute atomic E-state index is 0.0145.